The quantitative estimate of drug-likeness (QED) is 0.731. The van der Waals surface area contributed by atoms with E-state index >= 15 is 0 Å². The van der Waals surface area contributed by atoms with Crippen molar-refractivity contribution in [2.24, 2.45) is 5.73 Å². The zero-order chi connectivity index (χ0) is 13.4. The average molecular weight is 252 g/mol. The summed E-state index contributed by atoms with van der Waals surface area (Å²) in [5.74, 6) is -0.463. The standard InChI is InChI=1S/C14H12N4O/c1-8-12(11(13(15)19)3-5-16-8)10-6-9-2-4-17-14(9)18-7-10/h2-7H,1H3,(H2,15,19)(H,17,18). The van der Waals surface area contributed by atoms with Gasteiger partial charge >= 0.3 is 0 Å². The fourth-order valence-corrected chi connectivity index (χ4v) is 2.21. The van der Waals surface area contributed by atoms with Crippen LogP contribution in [0.15, 0.2) is 36.8 Å². The largest absolute Gasteiger partial charge is 0.366 e. The Balaban J connectivity index is 2.28. The van der Waals surface area contributed by atoms with E-state index in [1.807, 2.05) is 25.3 Å². The zero-order valence-electron chi connectivity index (χ0n) is 10.3. The van der Waals surface area contributed by atoms with Crippen molar-refractivity contribution >= 4 is 16.9 Å². The van der Waals surface area contributed by atoms with Crippen LogP contribution in [0.2, 0.25) is 0 Å². The first-order valence-corrected chi connectivity index (χ1v) is 5.86. The summed E-state index contributed by atoms with van der Waals surface area (Å²) in [4.78, 5) is 23.1. The highest BCUT2D eigenvalue weighted by molar-refractivity contribution is 6.00. The number of H-pyrrole nitrogens is 1. The van der Waals surface area contributed by atoms with Gasteiger partial charge in [0.05, 0.1) is 5.56 Å². The minimum absolute atomic E-state index is 0.462. The lowest BCUT2D eigenvalue weighted by Gasteiger charge is -2.09. The lowest BCUT2D eigenvalue weighted by molar-refractivity contribution is 0.100. The molecule has 0 bridgehead atoms. The van der Waals surface area contributed by atoms with Gasteiger partial charge in [-0.2, -0.15) is 0 Å². The fraction of sp³-hybridized carbons (Fsp3) is 0.0714. The number of pyridine rings is 2. The van der Waals surface area contributed by atoms with Gasteiger partial charge in [-0.25, -0.2) is 4.98 Å². The van der Waals surface area contributed by atoms with Crippen LogP contribution in [0.3, 0.4) is 0 Å². The van der Waals surface area contributed by atoms with Gasteiger partial charge in [0.25, 0.3) is 0 Å². The van der Waals surface area contributed by atoms with E-state index in [-0.39, 0.29) is 0 Å². The van der Waals surface area contributed by atoms with Crippen LogP contribution in [-0.4, -0.2) is 20.9 Å². The van der Waals surface area contributed by atoms with Gasteiger partial charge in [0, 0.05) is 40.8 Å². The first kappa shape index (κ1) is 11.4. The Morgan fingerprint density at radius 3 is 2.95 bits per heavy atom. The van der Waals surface area contributed by atoms with Crippen LogP contribution in [0, 0.1) is 6.92 Å². The Bertz CT molecular complexity index is 776. The van der Waals surface area contributed by atoms with Crippen molar-refractivity contribution in [3.63, 3.8) is 0 Å². The number of aromatic nitrogens is 3. The second-order valence-corrected chi connectivity index (χ2v) is 4.32. The summed E-state index contributed by atoms with van der Waals surface area (Å²) in [6.45, 7) is 1.85. The van der Waals surface area contributed by atoms with Gasteiger partial charge in [0.1, 0.15) is 5.65 Å². The highest BCUT2D eigenvalue weighted by atomic mass is 16.1. The maximum Gasteiger partial charge on any atom is 0.249 e. The van der Waals surface area contributed by atoms with Gasteiger partial charge in [-0.1, -0.05) is 0 Å². The van der Waals surface area contributed by atoms with Gasteiger partial charge in [0.2, 0.25) is 5.91 Å². The Morgan fingerprint density at radius 1 is 1.32 bits per heavy atom. The molecule has 0 unspecified atom stereocenters. The van der Waals surface area contributed by atoms with Crippen molar-refractivity contribution in [3.8, 4) is 11.1 Å². The molecule has 3 rings (SSSR count). The number of carbonyl (C=O) groups is 1. The number of hydrogen-bond acceptors (Lipinski definition) is 3. The molecule has 5 nitrogen and oxygen atoms in total. The molecule has 0 fully saturated rings. The minimum atomic E-state index is -0.463. The van der Waals surface area contributed by atoms with Crippen molar-refractivity contribution in [2.75, 3.05) is 0 Å². The SMILES string of the molecule is Cc1nccc(C(N)=O)c1-c1cnc2[nH]ccc2c1. The average Bonchev–Trinajstić information content (AvgIpc) is 2.85. The first-order chi connectivity index (χ1) is 9.16. The number of nitrogens with one attached hydrogen (secondary N) is 1. The van der Waals surface area contributed by atoms with E-state index in [0.717, 1.165) is 27.9 Å². The molecule has 0 aliphatic carbocycles. The lowest BCUT2D eigenvalue weighted by Crippen LogP contribution is -2.13. The summed E-state index contributed by atoms with van der Waals surface area (Å²) in [7, 11) is 0. The molecule has 0 spiro atoms. The van der Waals surface area contributed by atoms with E-state index in [4.69, 9.17) is 5.73 Å². The zero-order valence-corrected chi connectivity index (χ0v) is 10.3. The van der Waals surface area contributed by atoms with Crippen LogP contribution in [0.4, 0.5) is 0 Å². The van der Waals surface area contributed by atoms with Gasteiger partial charge in [-0.3, -0.25) is 9.78 Å². The number of primary amides is 1. The molecule has 0 saturated carbocycles. The summed E-state index contributed by atoms with van der Waals surface area (Å²) < 4.78 is 0. The van der Waals surface area contributed by atoms with Crippen LogP contribution in [0.5, 0.6) is 0 Å². The number of fused-ring (bicyclic) bond motifs is 1. The third kappa shape index (κ3) is 1.85. The van der Waals surface area contributed by atoms with E-state index in [1.54, 1.807) is 18.5 Å². The van der Waals surface area contributed by atoms with Crippen molar-refractivity contribution in [2.45, 2.75) is 6.92 Å². The Morgan fingerprint density at radius 2 is 2.16 bits per heavy atom. The first-order valence-electron chi connectivity index (χ1n) is 5.86. The molecular formula is C14H12N4O. The summed E-state index contributed by atoms with van der Waals surface area (Å²) >= 11 is 0. The van der Waals surface area contributed by atoms with Gasteiger partial charge in [0.15, 0.2) is 0 Å². The number of nitrogens with zero attached hydrogens (tertiary/aromatic N) is 2. The van der Waals surface area contributed by atoms with Crippen molar-refractivity contribution in [1.29, 1.82) is 0 Å². The summed E-state index contributed by atoms with van der Waals surface area (Å²) in [6, 6.07) is 5.53. The molecule has 94 valence electrons. The number of carbonyl (C=O) groups excluding carboxylic acids is 1. The Kier molecular flexibility index (Phi) is 2.52. The molecule has 0 radical (unpaired) electrons. The van der Waals surface area contributed by atoms with E-state index in [1.165, 1.54) is 0 Å². The monoisotopic (exact) mass is 252 g/mol. The minimum Gasteiger partial charge on any atom is -0.366 e. The number of hydrogen-bond donors (Lipinski definition) is 2. The lowest BCUT2D eigenvalue weighted by atomic mass is 9.99. The van der Waals surface area contributed by atoms with Gasteiger partial charge in [-0.15, -0.1) is 0 Å². The maximum atomic E-state index is 11.5. The molecule has 3 N–H and O–H groups in total. The van der Waals surface area contributed by atoms with Crippen molar-refractivity contribution in [1.82, 2.24) is 15.0 Å². The van der Waals surface area contributed by atoms with E-state index in [2.05, 4.69) is 15.0 Å². The highest BCUT2D eigenvalue weighted by Crippen LogP contribution is 2.27. The summed E-state index contributed by atoms with van der Waals surface area (Å²) in [6.07, 6.45) is 5.13. The molecule has 0 aliphatic rings. The van der Waals surface area contributed by atoms with Crippen LogP contribution >= 0.6 is 0 Å². The topological polar surface area (TPSA) is 84.7 Å². The number of rotatable bonds is 2. The predicted octanol–water partition coefficient (Wildman–Crippen LogP) is 2.03. The second kappa shape index (κ2) is 4.20. The summed E-state index contributed by atoms with van der Waals surface area (Å²) in [5.41, 5.74) is 9.03. The molecule has 3 aromatic rings. The van der Waals surface area contributed by atoms with Crippen LogP contribution in [0.1, 0.15) is 16.1 Å². The number of aryl methyl sites for hydroxylation is 1. The fourth-order valence-electron chi connectivity index (χ4n) is 2.21. The molecule has 3 aromatic heterocycles. The molecule has 0 aliphatic heterocycles. The predicted molar refractivity (Wildman–Crippen MR) is 72.6 cm³/mol. The van der Waals surface area contributed by atoms with Crippen LogP contribution in [0.25, 0.3) is 22.2 Å². The molecule has 3 heterocycles. The smallest absolute Gasteiger partial charge is 0.249 e. The van der Waals surface area contributed by atoms with Gasteiger partial charge < -0.3 is 10.7 Å². The van der Waals surface area contributed by atoms with E-state index in [9.17, 15) is 4.79 Å². The van der Waals surface area contributed by atoms with Crippen molar-refractivity contribution < 1.29 is 4.79 Å². The van der Waals surface area contributed by atoms with Crippen LogP contribution < -0.4 is 5.73 Å². The molecule has 0 saturated heterocycles. The highest BCUT2D eigenvalue weighted by Gasteiger charge is 2.14. The number of amides is 1. The molecule has 5 heteroatoms. The van der Waals surface area contributed by atoms with E-state index < -0.39 is 5.91 Å². The Labute approximate surface area is 109 Å². The second-order valence-electron chi connectivity index (χ2n) is 4.32. The number of aromatic amines is 1. The number of nitrogens with two attached hydrogens (primary N) is 1. The maximum absolute atomic E-state index is 11.5. The normalized spacial score (nSPS) is 10.8. The molecule has 1 amide bonds. The van der Waals surface area contributed by atoms with E-state index in [0.29, 0.717) is 5.56 Å². The van der Waals surface area contributed by atoms with Gasteiger partial charge in [-0.05, 0) is 25.1 Å². The summed E-state index contributed by atoms with van der Waals surface area (Å²) in [5, 5.41) is 0.983. The third-order valence-corrected chi connectivity index (χ3v) is 3.09. The molecular weight excluding hydrogens is 240 g/mol. The third-order valence-electron chi connectivity index (χ3n) is 3.09. The van der Waals surface area contributed by atoms with Crippen LogP contribution in [-0.2, 0) is 0 Å². The molecule has 0 aromatic carbocycles. The van der Waals surface area contributed by atoms with Crippen molar-refractivity contribution in [3.05, 3.63) is 48.0 Å². The molecule has 0 atom stereocenters. The Hall–Kier alpha value is -2.69. The molecule has 19 heavy (non-hydrogen) atoms.